The maximum absolute atomic E-state index is 13.5. The topological polar surface area (TPSA) is 49.8 Å². The molecule has 4 rings (SSSR count). The number of hydrogen-bond donors (Lipinski definition) is 1. The van der Waals surface area contributed by atoms with Crippen molar-refractivity contribution in [2.75, 3.05) is 27.2 Å². The van der Waals surface area contributed by atoms with Crippen LogP contribution in [0.3, 0.4) is 0 Å². The summed E-state index contributed by atoms with van der Waals surface area (Å²) in [6.45, 7) is 1.46. The number of thiophene rings is 1. The van der Waals surface area contributed by atoms with Crippen LogP contribution in [0.25, 0.3) is 10.1 Å². The first-order chi connectivity index (χ1) is 14.0. The molecule has 4 nitrogen and oxygen atoms in total. The number of likely N-dealkylation sites (N-methyl/N-ethyl adjacent to an activating group) is 1. The molecule has 1 fully saturated rings. The third kappa shape index (κ3) is 4.31. The molecule has 3 aromatic rings. The lowest BCUT2D eigenvalue weighted by Crippen LogP contribution is -2.19. The lowest BCUT2D eigenvalue weighted by molar-refractivity contribution is 0.103. The van der Waals surface area contributed by atoms with Crippen molar-refractivity contribution in [1.29, 1.82) is 0 Å². The fourth-order valence-electron chi connectivity index (χ4n) is 4.01. The van der Waals surface area contributed by atoms with Crippen LogP contribution in [-0.2, 0) is 0 Å². The van der Waals surface area contributed by atoms with Gasteiger partial charge in [-0.25, -0.2) is 0 Å². The summed E-state index contributed by atoms with van der Waals surface area (Å²) in [7, 11) is 4.02. The van der Waals surface area contributed by atoms with Gasteiger partial charge >= 0.3 is 0 Å². The van der Waals surface area contributed by atoms with Gasteiger partial charge in [0.1, 0.15) is 18.1 Å². The van der Waals surface area contributed by atoms with Crippen LogP contribution in [0.15, 0.2) is 42.5 Å². The number of phenols is 1. The van der Waals surface area contributed by atoms with Crippen LogP contribution in [0.4, 0.5) is 0 Å². The first-order valence-electron chi connectivity index (χ1n) is 10.2. The van der Waals surface area contributed by atoms with E-state index < -0.39 is 0 Å². The lowest BCUT2D eigenvalue weighted by atomic mass is 9.94. The van der Waals surface area contributed by atoms with Gasteiger partial charge in [0, 0.05) is 32.6 Å². The molecule has 1 aromatic heterocycles. The first-order valence-corrected chi connectivity index (χ1v) is 11.0. The molecule has 1 heterocycles. The number of carbonyl (C=O) groups excluding carboxylic acids is 1. The van der Waals surface area contributed by atoms with Gasteiger partial charge in [-0.05, 0) is 75.3 Å². The van der Waals surface area contributed by atoms with Crippen LogP contribution >= 0.6 is 11.3 Å². The summed E-state index contributed by atoms with van der Waals surface area (Å²) in [6, 6.07) is 12.8. The number of ether oxygens (including phenoxy) is 1. The summed E-state index contributed by atoms with van der Waals surface area (Å²) in [6.07, 6.45) is 4.71. The molecule has 0 radical (unpaired) electrons. The van der Waals surface area contributed by atoms with Crippen LogP contribution in [-0.4, -0.2) is 43.0 Å². The highest BCUT2D eigenvalue weighted by molar-refractivity contribution is 7.19. The van der Waals surface area contributed by atoms with E-state index in [1.54, 1.807) is 23.5 Å². The summed E-state index contributed by atoms with van der Waals surface area (Å²) in [5, 5.41) is 10.8. The minimum absolute atomic E-state index is 0.0590. The number of ketones is 1. The molecule has 1 aliphatic carbocycles. The van der Waals surface area contributed by atoms with Crippen molar-refractivity contribution in [2.45, 2.75) is 31.6 Å². The normalized spacial score (nSPS) is 14.7. The summed E-state index contributed by atoms with van der Waals surface area (Å²) >= 11 is 1.67. The standard InChI is InChI=1S/C24H27NO3S/c1-25(2)13-14-28-19-10-7-16(8-11-19)23(27)22-20-12-9-18(26)15-21(20)29-24(22)17-5-3-4-6-17/h7-12,15,17,26H,3-6,13-14H2,1-2H3. The minimum atomic E-state index is 0.0590. The zero-order chi connectivity index (χ0) is 20.4. The molecule has 1 N–H and O–H groups in total. The number of hydrogen-bond acceptors (Lipinski definition) is 5. The maximum atomic E-state index is 13.5. The Kier molecular flexibility index (Phi) is 5.88. The van der Waals surface area contributed by atoms with Gasteiger partial charge in [0.15, 0.2) is 5.78 Å². The van der Waals surface area contributed by atoms with E-state index in [1.165, 1.54) is 17.7 Å². The van der Waals surface area contributed by atoms with E-state index in [4.69, 9.17) is 4.74 Å². The van der Waals surface area contributed by atoms with Crippen molar-refractivity contribution in [2.24, 2.45) is 0 Å². The minimum Gasteiger partial charge on any atom is -0.508 e. The molecule has 5 heteroatoms. The van der Waals surface area contributed by atoms with Crippen molar-refractivity contribution >= 4 is 27.2 Å². The van der Waals surface area contributed by atoms with Gasteiger partial charge in [0.05, 0.1) is 0 Å². The zero-order valence-electron chi connectivity index (χ0n) is 17.0. The highest BCUT2D eigenvalue weighted by Crippen LogP contribution is 2.44. The molecular weight excluding hydrogens is 382 g/mol. The largest absolute Gasteiger partial charge is 0.508 e. The van der Waals surface area contributed by atoms with E-state index in [0.29, 0.717) is 18.1 Å². The third-order valence-corrected chi connectivity index (χ3v) is 6.89. The van der Waals surface area contributed by atoms with E-state index in [9.17, 15) is 9.90 Å². The van der Waals surface area contributed by atoms with Crippen LogP contribution < -0.4 is 4.74 Å². The Morgan fingerprint density at radius 3 is 2.55 bits per heavy atom. The van der Waals surface area contributed by atoms with Gasteiger partial charge < -0.3 is 14.7 Å². The molecule has 0 bridgehead atoms. The Labute approximate surface area is 175 Å². The average Bonchev–Trinajstić information content (AvgIpc) is 3.35. The highest BCUT2D eigenvalue weighted by atomic mass is 32.1. The van der Waals surface area contributed by atoms with Gasteiger partial charge in [-0.3, -0.25) is 4.79 Å². The molecule has 0 spiro atoms. The molecular formula is C24H27NO3S. The Morgan fingerprint density at radius 1 is 1.14 bits per heavy atom. The van der Waals surface area contributed by atoms with Crippen LogP contribution in [0.2, 0.25) is 0 Å². The molecule has 0 amide bonds. The van der Waals surface area contributed by atoms with Crippen molar-refractivity contribution in [3.05, 3.63) is 58.5 Å². The van der Waals surface area contributed by atoms with Gasteiger partial charge in [-0.1, -0.05) is 12.8 Å². The fourth-order valence-corrected chi connectivity index (χ4v) is 5.41. The Bertz CT molecular complexity index is 1000. The highest BCUT2D eigenvalue weighted by Gasteiger charge is 2.27. The van der Waals surface area contributed by atoms with E-state index in [2.05, 4.69) is 4.90 Å². The summed E-state index contributed by atoms with van der Waals surface area (Å²) in [5.74, 6) is 1.53. The van der Waals surface area contributed by atoms with Crippen molar-refractivity contribution in [1.82, 2.24) is 4.90 Å². The molecule has 29 heavy (non-hydrogen) atoms. The summed E-state index contributed by atoms with van der Waals surface area (Å²) < 4.78 is 6.74. The van der Waals surface area contributed by atoms with Crippen LogP contribution in [0.1, 0.15) is 52.4 Å². The van der Waals surface area contributed by atoms with Crippen LogP contribution in [0, 0.1) is 0 Å². The monoisotopic (exact) mass is 409 g/mol. The predicted octanol–water partition coefficient (Wildman–Crippen LogP) is 5.44. The number of aromatic hydroxyl groups is 1. The zero-order valence-corrected chi connectivity index (χ0v) is 17.8. The molecule has 0 atom stereocenters. The Hall–Kier alpha value is -2.37. The van der Waals surface area contributed by atoms with Crippen molar-refractivity contribution < 1.29 is 14.6 Å². The van der Waals surface area contributed by atoms with E-state index in [1.807, 2.05) is 44.4 Å². The van der Waals surface area contributed by atoms with Gasteiger partial charge in [-0.2, -0.15) is 0 Å². The number of rotatable bonds is 7. The molecule has 152 valence electrons. The third-order valence-electron chi connectivity index (χ3n) is 5.58. The summed E-state index contributed by atoms with van der Waals surface area (Å²) in [5.41, 5.74) is 1.50. The van der Waals surface area contributed by atoms with Gasteiger partial charge in [0.2, 0.25) is 0 Å². The molecule has 0 aliphatic heterocycles. The number of fused-ring (bicyclic) bond motifs is 1. The predicted molar refractivity (Wildman–Crippen MR) is 119 cm³/mol. The Balaban J connectivity index is 1.64. The second-order valence-electron chi connectivity index (χ2n) is 8.01. The molecule has 0 saturated heterocycles. The number of benzene rings is 2. The first kappa shape index (κ1) is 19.9. The number of carbonyl (C=O) groups is 1. The second-order valence-corrected chi connectivity index (χ2v) is 9.09. The van der Waals surface area contributed by atoms with Gasteiger partial charge in [0.25, 0.3) is 0 Å². The average molecular weight is 410 g/mol. The smallest absolute Gasteiger partial charge is 0.194 e. The van der Waals surface area contributed by atoms with E-state index >= 15 is 0 Å². The lowest BCUT2D eigenvalue weighted by Gasteiger charge is -2.12. The molecule has 1 saturated carbocycles. The van der Waals surface area contributed by atoms with Crippen molar-refractivity contribution in [3.8, 4) is 11.5 Å². The van der Waals surface area contributed by atoms with Crippen LogP contribution in [0.5, 0.6) is 11.5 Å². The van der Waals surface area contributed by atoms with Gasteiger partial charge in [-0.15, -0.1) is 11.3 Å². The quantitative estimate of drug-likeness (QED) is 0.528. The molecule has 2 aromatic carbocycles. The molecule has 1 aliphatic rings. The SMILES string of the molecule is CN(C)CCOc1ccc(C(=O)c2c(C3CCCC3)sc3cc(O)ccc23)cc1. The fraction of sp³-hybridized carbons (Fsp3) is 0.375. The summed E-state index contributed by atoms with van der Waals surface area (Å²) in [4.78, 5) is 16.7. The number of nitrogens with zero attached hydrogens (tertiary/aromatic N) is 1. The maximum Gasteiger partial charge on any atom is 0.194 e. The van der Waals surface area contributed by atoms with E-state index in [-0.39, 0.29) is 11.5 Å². The number of phenolic OH excluding ortho intramolecular Hbond substituents is 1. The second kappa shape index (κ2) is 8.56. The molecule has 0 unspecified atom stereocenters. The van der Waals surface area contributed by atoms with Crippen molar-refractivity contribution in [3.63, 3.8) is 0 Å². The van der Waals surface area contributed by atoms with E-state index in [0.717, 1.165) is 40.8 Å². The Morgan fingerprint density at radius 2 is 1.86 bits per heavy atom.